The lowest BCUT2D eigenvalue weighted by Crippen LogP contribution is -1.96. The van der Waals surface area contributed by atoms with E-state index in [1.165, 1.54) is 0 Å². The summed E-state index contributed by atoms with van der Waals surface area (Å²) in [4.78, 5) is 0. The summed E-state index contributed by atoms with van der Waals surface area (Å²) in [7, 11) is 3.28. The van der Waals surface area contributed by atoms with Gasteiger partial charge in [0.1, 0.15) is 16.7 Å². The van der Waals surface area contributed by atoms with E-state index >= 15 is 0 Å². The summed E-state index contributed by atoms with van der Waals surface area (Å²) in [5.41, 5.74) is 2.78. The van der Waals surface area contributed by atoms with Crippen molar-refractivity contribution in [2.75, 3.05) is 14.2 Å². The zero-order chi connectivity index (χ0) is 15.0. The molecule has 0 saturated heterocycles. The van der Waals surface area contributed by atoms with Crippen LogP contribution >= 0.6 is 11.6 Å². The third kappa shape index (κ3) is 2.32. The van der Waals surface area contributed by atoms with Crippen LogP contribution in [-0.4, -0.2) is 24.0 Å². The highest BCUT2D eigenvalue weighted by Crippen LogP contribution is 2.32. The lowest BCUT2D eigenvalue weighted by Gasteiger charge is -2.04. The van der Waals surface area contributed by atoms with Gasteiger partial charge >= 0.3 is 0 Å². The Labute approximate surface area is 127 Å². The Morgan fingerprint density at radius 1 is 1.00 bits per heavy atom. The Morgan fingerprint density at radius 2 is 1.67 bits per heavy atom. The van der Waals surface area contributed by atoms with Gasteiger partial charge in [0.25, 0.3) is 0 Å². The van der Waals surface area contributed by atoms with Gasteiger partial charge < -0.3 is 9.47 Å². The molecule has 0 amide bonds. The zero-order valence-corrected chi connectivity index (χ0v) is 12.8. The summed E-state index contributed by atoms with van der Waals surface area (Å²) >= 11 is 6.48. The summed E-state index contributed by atoms with van der Waals surface area (Å²) in [5.74, 6) is 1.57. The molecule has 0 aliphatic heterocycles. The molecule has 0 radical (unpaired) electrons. The molecule has 0 aliphatic carbocycles. The van der Waals surface area contributed by atoms with Gasteiger partial charge in [0.05, 0.1) is 25.4 Å². The number of hydrogen-bond acceptors (Lipinski definition) is 3. The van der Waals surface area contributed by atoms with Gasteiger partial charge in [-0.15, -0.1) is 0 Å². The van der Waals surface area contributed by atoms with Crippen LogP contribution in [0.5, 0.6) is 11.5 Å². The minimum absolute atomic E-state index is 0.567. The smallest absolute Gasteiger partial charge is 0.140 e. The lowest BCUT2D eigenvalue weighted by molar-refractivity contribution is 0.414. The Morgan fingerprint density at radius 3 is 2.29 bits per heavy atom. The molecule has 0 N–H and O–H groups in total. The zero-order valence-electron chi connectivity index (χ0n) is 12.1. The van der Waals surface area contributed by atoms with Crippen molar-refractivity contribution in [1.29, 1.82) is 0 Å². The molecule has 0 saturated carbocycles. The van der Waals surface area contributed by atoms with Gasteiger partial charge in [0.15, 0.2) is 0 Å². The topological polar surface area (TPSA) is 36.3 Å². The molecule has 0 aliphatic rings. The number of fused-ring (bicyclic) bond motifs is 1. The quantitative estimate of drug-likeness (QED) is 0.733. The first-order valence-electron chi connectivity index (χ1n) is 6.51. The lowest BCUT2D eigenvalue weighted by atomic mass is 10.1. The van der Waals surface area contributed by atoms with Crippen molar-refractivity contribution in [2.45, 2.75) is 6.92 Å². The van der Waals surface area contributed by atoms with Gasteiger partial charge in [0, 0.05) is 5.39 Å². The molecule has 0 atom stereocenters. The average Bonchev–Trinajstić information content (AvgIpc) is 2.85. The summed E-state index contributed by atoms with van der Waals surface area (Å²) in [6.07, 6.45) is 0. The maximum atomic E-state index is 6.48. The van der Waals surface area contributed by atoms with Gasteiger partial charge in [0.2, 0.25) is 0 Å². The van der Waals surface area contributed by atoms with Crippen LogP contribution in [0, 0.1) is 6.92 Å². The van der Waals surface area contributed by atoms with E-state index in [0.29, 0.717) is 5.15 Å². The van der Waals surface area contributed by atoms with Crippen molar-refractivity contribution in [2.24, 2.45) is 0 Å². The Hall–Kier alpha value is -2.20. The second-order valence-corrected chi connectivity index (χ2v) is 5.10. The van der Waals surface area contributed by atoms with Crippen molar-refractivity contribution in [3.8, 4) is 17.2 Å². The number of hydrogen-bond donors (Lipinski definition) is 0. The molecule has 0 fully saturated rings. The third-order valence-corrected chi connectivity index (χ3v) is 3.80. The molecule has 0 unspecified atom stereocenters. The van der Waals surface area contributed by atoms with Gasteiger partial charge in [-0.1, -0.05) is 11.6 Å². The molecule has 21 heavy (non-hydrogen) atoms. The van der Waals surface area contributed by atoms with Crippen molar-refractivity contribution < 1.29 is 9.47 Å². The van der Waals surface area contributed by atoms with E-state index < -0.39 is 0 Å². The summed E-state index contributed by atoms with van der Waals surface area (Å²) < 4.78 is 12.2. The number of aromatic nitrogens is 2. The van der Waals surface area contributed by atoms with Crippen LogP contribution in [0.1, 0.15) is 5.56 Å². The highest BCUT2D eigenvalue weighted by molar-refractivity contribution is 6.34. The maximum Gasteiger partial charge on any atom is 0.140 e. The number of ether oxygens (including phenoxy) is 2. The molecular weight excluding hydrogens is 288 g/mol. The summed E-state index contributed by atoms with van der Waals surface area (Å²) in [6.45, 7) is 1.99. The number of aryl methyl sites for hydroxylation is 1. The minimum Gasteiger partial charge on any atom is -0.497 e. The predicted octanol–water partition coefficient (Wildman–Crippen LogP) is 4.00. The largest absolute Gasteiger partial charge is 0.497 e. The van der Waals surface area contributed by atoms with E-state index in [1.807, 2.05) is 43.3 Å². The minimum atomic E-state index is 0.567. The SMILES string of the molecule is COc1ccc(-n2nc3c(C)cc(OC)cc3c2Cl)cc1. The molecule has 108 valence electrons. The molecular formula is C16H15ClN2O2. The second kappa shape index (κ2) is 5.30. The van der Waals surface area contributed by atoms with Crippen LogP contribution in [0.15, 0.2) is 36.4 Å². The van der Waals surface area contributed by atoms with E-state index in [4.69, 9.17) is 21.1 Å². The first-order chi connectivity index (χ1) is 10.1. The molecule has 2 aromatic carbocycles. The van der Waals surface area contributed by atoms with Crippen LogP contribution in [0.4, 0.5) is 0 Å². The predicted molar refractivity (Wildman–Crippen MR) is 83.9 cm³/mol. The fourth-order valence-electron chi connectivity index (χ4n) is 2.31. The fraction of sp³-hybridized carbons (Fsp3) is 0.188. The van der Waals surface area contributed by atoms with Gasteiger partial charge in [-0.25, -0.2) is 4.68 Å². The van der Waals surface area contributed by atoms with E-state index in [2.05, 4.69) is 5.10 Å². The molecule has 4 nitrogen and oxygen atoms in total. The highest BCUT2D eigenvalue weighted by atomic mass is 35.5. The molecule has 1 aromatic heterocycles. The Kier molecular flexibility index (Phi) is 3.47. The third-order valence-electron chi connectivity index (χ3n) is 3.43. The summed E-state index contributed by atoms with van der Waals surface area (Å²) in [5, 5.41) is 6.05. The van der Waals surface area contributed by atoms with Crippen LogP contribution in [-0.2, 0) is 0 Å². The summed E-state index contributed by atoms with van der Waals surface area (Å²) in [6, 6.07) is 11.4. The molecule has 0 bridgehead atoms. The highest BCUT2D eigenvalue weighted by Gasteiger charge is 2.14. The second-order valence-electron chi connectivity index (χ2n) is 4.74. The number of rotatable bonds is 3. The standard InChI is InChI=1S/C16H15ClN2O2/c1-10-8-13(21-3)9-14-15(10)18-19(16(14)17)11-4-6-12(20-2)7-5-11/h4-9H,1-3H3. The van der Waals surface area contributed by atoms with Crippen molar-refractivity contribution in [3.05, 3.63) is 47.1 Å². The number of methoxy groups -OCH3 is 2. The fourth-order valence-corrected chi connectivity index (χ4v) is 2.59. The molecule has 1 heterocycles. The Balaban J connectivity index is 2.18. The first kappa shape index (κ1) is 13.8. The van der Waals surface area contributed by atoms with Crippen LogP contribution in [0.3, 0.4) is 0 Å². The van der Waals surface area contributed by atoms with Crippen LogP contribution < -0.4 is 9.47 Å². The van der Waals surface area contributed by atoms with Gasteiger partial charge in [-0.3, -0.25) is 0 Å². The van der Waals surface area contributed by atoms with Crippen molar-refractivity contribution in [3.63, 3.8) is 0 Å². The first-order valence-corrected chi connectivity index (χ1v) is 6.89. The average molecular weight is 303 g/mol. The molecule has 5 heteroatoms. The number of halogens is 1. The number of benzene rings is 2. The van der Waals surface area contributed by atoms with E-state index in [1.54, 1.807) is 18.9 Å². The van der Waals surface area contributed by atoms with E-state index in [9.17, 15) is 0 Å². The normalized spacial score (nSPS) is 10.9. The maximum absolute atomic E-state index is 6.48. The number of nitrogens with zero attached hydrogens (tertiary/aromatic N) is 2. The van der Waals surface area contributed by atoms with Gasteiger partial charge in [-0.05, 0) is 48.9 Å². The van der Waals surface area contributed by atoms with E-state index in [-0.39, 0.29) is 0 Å². The molecule has 0 spiro atoms. The Bertz CT molecular complexity index is 794. The van der Waals surface area contributed by atoms with Crippen LogP contribution in [0.2, 0.25) is 5.15 Å². The molecule has 3 aromatic rings. The molecule has 3 rings (SSSR count). The van der Waals surface area contributed by atoms with Crippen LogP contribution in [0.25, 0.3) is 16.6 Å². The van der Waals surface area contributed by atoms with Gasteiger partial charge in [-0.2, -0.15) is 5.10 Å². The van der Waals surface area contributed by atoms with Crippen molar-refractivity contribution >= 4 is 22.5 Å². The van der Waals surface area contributed by atoms with Crippen molar-refractivity contribution in [1.82, 2.24) is 9.78 Å². The monoisotopic (exact) mass is 302 g/mol. The van der Waals surface area contributed by atoms with E-state index in [0.717, 1.165) is 33.7 Å².